The van der Waals surface area contributed by atoms with Crippen molar-refractivity contribution in [1.82, 2.24) is 29.9 Å². The van der Waals surface area contributed by atoms with Crippen LogP contribution in [0.2, 0.25) is 0 Å². The van der Waals surface area contributed by atoms with E-state index in [0.717, 1.165) is 37.6 Å². The Morgan fingerprint density at radius 1 is 1.41 bits per heavy atom. The minimum absolute atomic E-state index is 0.719. The van der Waals surface area contributed by atoms with Gasteiger partial charge in [0, 0.05) is 25.6 Å². The number of aryl methyl sites for hydroxylation is 1. The van der Waals surface area contributed by atoms with Crippen molar-refractivity contribution in [3.05, 3.63) is 30.1 Å². The first-order chi connectivity index (χ1) is 8.29. The van der Waals surface area contributed by atoms with E-state index in [9.17, 15) is 0 Å². The summed E-state index contributed by atoms with van der Waals surface area (Å²) in [5, 5.41) is 11.3. The van der Waals surface area contributed by atoms with E-state index < -0.39 is 0 Å². The molecule has 2 rings (SSSR count). The van der Waals surface area contributed by atoms with Crippen LogP contribution in [0.4, 0.5) is 0 Å². The van der Waals surface area contributed by atoms with Gasteiger partial charge in [-0.3, -0.25) is 4.68 Å². The van der Waals surface area contributed by atoms with Gasteiger partial charge in [0.1, 0.15) is 11.5 Å². The quantitative estimate of drug-likeness (QED) is 0.742. The van der Waals surface area contributed by atoms with Crippen molar-refractivity contribution in [1.29, 1.82) is 0 Å². The van der Waals surface area contributed by atoms with E-state index in [4.69, 9.17) is 0 Å². The van der Waals surface area contributed by atoms with Crippen LogP contribution in [0.5, 0.6) is 0 Å². The maximum atomic E-state index is 4.34. The molecule has 2 aromatic heterocycles. The summed E-state index contributed by atoms with van der Waals surface area (Å²) in [6.07, 6.45) is 6.84. The van der Waals surface area contributed by atoms with E-state index in [1.807, 2.05) is 25.6 Å². The molecule has 0 bridgehead atoms. The summed E-state index contributed by atoms with van der Waals surface area (Å²) in [6.45, 7) is 4.68. The van der Waals surface area contributed by atoms with Crippen LogP contribution in [0, 0.1) is 0 Å². The fourth-order valence-corrected chi connectivity index (χ4v) is 1.67. The number of imidazole rings is 1. The molecule has 2 aromatic rings. The highest BCUT2D eigenvalue weighted by atomic mass is 15.4. The van der Waals surface area contributed by atoms with Crippen molar-refractivity contribution in [2.24, 2.45) is 7.05 Å². The minimum Gasteiger partial charge on any atom is -0.328 e. The number of hydrogen-bond donors (Lipinski definition) is 1. The average Bonchev–Trinajstić information content (AvgIpc) is 2.90. The molecule has 0 saturated carbocycles. The molecular formula is C11H18N6. The van der Waals surface area contributed by atoms with Gasteiger partial charge in [-0.2, -0.15) is 0 Å². The molecule has 0 aliphatic rings. The lowest BCUT2D eigenvalue weighted by atomic mass is 10.4. The number of rotatable bonds is 6. The second-order valence-corrected chi connectivity index (χ2v) is 4.03. The van der Waals surface area contributed by atoms with Crippen LogP contribution in [0.15, 0.2) is 18.6 Å². The van der Waals surface area contributed by atoms with Crippen LogP contribution in [0.1, 0.15) is 24.9 Å². The van der Waals surface area contributed by atoms with Crippen LogP contribution in [0.3, 0.4) is 0 Å². The number of nitrogens with one attached hydrogen (secondary N) is 1. The highest BCUT2D eigenvalue weighted by Gasteiger charge is 2.05. The molecule has 0 amide bonds. The lowest BCUT2D eigenvalue weighted by Crippen LogP contribution is -2.18. The van der Waals surface area contributed by atoms with Crippen LogP contribution in [-0.4, -0.2) is 31.1 Å². The Bertz CT molecular complexity index is 458. The smallest absolute Gasteiger partial charge is 0.123 e. The number of nitrogens with zero attached hydrogens (tertiary/aromatic N) is 5. The largest absolute Gasteiger partial charge is 0.328 e. The molecule has 92 valence electrons. The van der Waals surface area contributed by atoms with E-state index in [-0.39, 0.29) is 0 Å². The van der Waals surface area contributed by atoms with Gasteiger partial charge in [-0.25, -0.2) is 4.98 Å². The molecule has 17 heavy (non-hydrogen) atoms. The summed E-state index contributed by atoms with van der Waals surface area (Å²) in [5.74, 6) is 1.03. The zero-order valence-corrected chi connectivity index (χ0v) is 10.3. The van der Waals surface area contributed by atoms with Crippen LogP contribution < -0.4 is 5.32 Å². The first-order valence-electron chi connectivity index (χ1n) is 5.85. The first-order valence-corrected chi connectivity index (χ1v) is 5.85. The molecule has 0 spiro atoms. The summed E-state index contributed by atoms with van der Waals surface area (Å²) in [7, 11) is 1.87. The number of hydrogen-bond acceptors (Lipinski definition) is 4. The van der Waals surface area contributed by atoms with Crippen molar-refractivity contribution in [3.8, 4) is 0 Å². The zero-order chi connectivity index (χ0) is 12.1. The maximum Gasteiger partial charge on any atom is 0.123 e. The Kier molecular flexibility index (Phi) is 3.87. The van der Waals surface area contributed by atoms with E-state index in [1.165, 1.54) is 0 Å². The molecule has 2 heterocycles. The van der Waals surface area contributed by atoms with Crippen molar-refractivity contribution in [3.63, 3.8) is 0 Å². The Labute approximate surface area is 101 Å². The molecule has 0 atom stereocenters. The standard InChI is InChI=1S/C11H18N6/c1-3-4-12-7-11-13-5-6-17(11)9-10-8-16(2)15-14-10/h5-6,8,12H,3-4,7,9H2,1-2H3. The van der Waals surface area contributed by atoms with E-state index >= 15 is 0 Å². The highest BCUT2D eigenvalue weighted by Crippen LogP contribution is 2.02. The second kappa shape index (κ2) is 5.58. The molecule has 6 nitrogen and oxygen atoms in total. The Balaban J connectivity index is 1.98. The lowest BCUT2D eigenvalue weighted by Gasteiger charge is -2.06. The van der Waals surface area contributed by atoms with Gasteiger partial charge in [0.2, 0.25) is 0 Å². The van der Waals surface area contributed by atoms with Crippen molar-refractivity contribution >= 4 is 0 Å². The first kappa shape index (κ1) is 11.8. The Morgan fingerprint density at radius 2 is 2.29 bits per heavy atom. The summed E-state index contributed by atoms with van der Waals surface area (Å²) < 4.78 is 3.80. The summed E-state index contributed by atoms with van der Waals surface area (Å²) in [6, 6.07) is 0. The molecule has 0 saturated heterocycles. The highest BCUT2D eigenvalue weighted by molar-refractivity contribution is 4.99. The molecular weight excluding hydrogens is 216 g/mol. The fraction of sp³-hybridized carbons (Fsp3) is 0.545. The molecule has 0 aromatic carbocycles. The van der Waals surface area contributed by atoms with Gasteiger partial charge >= 0.3 is 0 Å². The van der Waals surface area contributed by atoms with Gasteiger partial charge in [0.15, 0.2) is 0 Å². The zero-order valence-electron chi connectivity index (χ0n) is 10.3. The summed E-state index contributed by atoms with van der Waals surface area (Å²) in [4.78, 5) is 4.34. The number of aromatic nitrogens is 5. The monoisotopic (exact) mass is 234 g/mol. The van der Waals surface area contributed by atoms with E-state index in [2.05, 4.69) is 32.1 Å². The van der Waals surface area contributed by atoms with Crippen LogP contribution in [-0.2, 0) is 20.1 Å². The summed E-state index contributed by atoms with van der Waals surface area (Å²) in [5.41, 5.74) is 0.947. The summed E-state index contributed by atoms with van der Waals surface area (Å²) >= 11 is 0. The maximum absolute atomic E-state index is 4.34. The van der Waals surface area contributed by atoms with E-state index in [1.54, 1.807) is 4.68 Å². The SMILES string of the molecule is CCCNCc1nccn1Cc1cn(C)nn1. The third-order valence-corrected chi connectivity index (χ3v) is 2.49. The van der Waals surface area contributed by atoms with Gasteiger partial charge in [0.05, 0.1) is 13.1 Å². The Hall–Kier alpha value is -1.69. The minimum atomic E-state index is 0.719. The van der Waals surface area contributed by atoms with Gasteiger partial charge in [-0.05, 0) is 13.0 Å². The molecule has 0 unspecified atom stereocenters. The predicted octanol–water partition coefficient (Wildman–Crippen LogP) is 0.559. The average molecular weight is 234 g/mol. The molecule has 0 aliphatic carbocycles. The van der Waals surface area contributed by atoms with Crippen molar-refractivity contribution in [2.75, 3.05) is 6.54 Å². The topological polar surface area (TPSA) is 60.6 Å². The molecule has 0 fully saturated rings. The fourth-order valence-electron chi connectivity index (χ4n) is 1.67. The molecule has 0 aliphatic heterocycles. The van der Waals surface area contributed by atoms with Crippen molar-refractivity contribution in [2.45, 2.75) is 26.4 Å². The molecule has 0 radical (unpaired) electrons. The van der Waals surface area contributed by atoms with E-state index in [0.29, 0.717) is 0 Å². The lowest BCUT2D eigenvalue weighted by molar-refractivity contribution is 0.612. The van der Waals surface area contributed by atoms with Crippen molar-refractivity contribution < 1.29 is 0 Å². The van der Waals surface area contributed by atoms with Crippen LogP contribution in [0.25, 0.3) is 0 Å². The second-order valence-electron chi connectivity index (χ2n) is 4.03. The van der Waals surface area contributed by atoms with Gasteiger partial charge < -0.3 is 9.88 Å². The van der Waals surface area contributed by atoms with Gasteiger partial charge in [-0.15, -0.1) is 5.10 Å². The normalized spacial score (nSPS) is 10.9. The third-order valence-electron chi connectivity index (χ3n) is 2.49. The van der Waals surface area contributed by atoms with Gasteiger partial charge in [0.25, 0.3) is 0 Å². The van der Waals surface area contributed by atoms with Gasteiger partial charge in [-0.1, -0.05) is 12.1 Å². The predicted molar refractivity (Wildman–Crippen MR) is 64.3 cm³/mol. The Morgan fingerprint density at radius 3 is 3.00 bits per heavy atom. The molecule has 6 heteroatoms. The third kappa shape index (κ3) is 3.13. The van der Waals surface area contributed by atoms with Crippen LogP contribution >= 0.6 is 0 Å². The molecule has 1 N–H and O–H groups in total.